The van der Waals surface area contributed by atoms with Crippen LogP contribution in [0.1, 0.15) is 11.1 Å². The van der Waals surface area contributed by atoms with Crippen molar-refractivity contribution in [3.8, 4) is 5.69 Å². The average molecular weight is 337 g/mol. The Morgan fingerprint density at radius 1 is 1.20 bits per heavy atom. The Morgan fingerprint density at radius 2 is 2.08 bits per heavy atom. The molecule has 6 nitrogen and oxygen atoms in total. The van der Waals surface area contributed by atoms with Gasteiger partial charge >= 0.3 is 0 Å². The first-order chi connectivity index (χ1) is 12.3. The van der Waals surface area contributed by atoms with Crippen LogP contribution in [-0.2, 0) is 17.8 Å². The van der Waals surface area contributed by atoms with Crippen molar-refractivity contribution in [3.05, 3.63) is 66.2 Å². The Morgan fingerprint density at radius 3 is 2.80 bits per heavy atom. The summed E-state index contributed by atoms with van der Waals surface area (Å²) in [6, 6.07) is 10.5. The molecule has 3 aromatic rings. The molecule has 0 radical (unpaired) electrons. The van der Waals surface area contributed by atoms with Crippen molar-refractivity contribution >= 4 is 0 Å². The Balaban J connectivity index is 1.35. The number of morpholine rings is 1. The van der Waals surface area contributed by atoms with Gasteiger partial charge in [0.15, 0.2) is 0 Å². The standard InChI is InChI=1S/C19H23N5O/c1-16-11-21-23(12-16)15-19-14-22(9-10-25-19)13-17-3-5-18(6-4-17)24-8-2-7-20-24/h2-8,11-12,19H,9-10,13-15H2,1H3/t19-/m1/s1. The summed E-state index contributed by atoms with van der Waals surface area (Å²) in [5.41, 5.74) is 3.58. The predicted octanol–water partition coefficient (Wildman–Crippen LogP) is 2.28. The first-order valence-corrected chi connectivity index (χ1v) is 8.68. The van der Waals surface area contributed by atoms with Gasteiger partial charge in [-0.3, -0.25) is 9.58 Å². The molecule has 1 aromatic carbocycles. The highest BCUT2D eigenvalue weighted by Gasteiger charge is 2.21. The van der Waals surface area contributed by atoms with Gasteiger partial charge in [-0.2, -0.15) is 10.2 Å². The van der Waals surface area contributed by atoms with Crippen LogP contribution >= 0.6 is 0 Å². The zero-order valence-corrected chi connectivity index (χ0v) is 14.5. The summed E-state index contributed by atoms with van der Waals surface area (Å²) in [7, 11) is 0. The fourth-order valence-corrected chi connectivity index (χ4v) is 3.24. The quantitative estimate of drug-likeness (QED) is 0.717. The van der Waals surface area contributed by atoms with Gasteiger partial charge in [0.05, 0.1) is 31.1 Å². The SMILES string of the molecule is Cc1cnn(C[C@H]2CN(Cc3ccc(-n4cccn4)cc3)CCO2)c1. The van der Waals surface area contributed by atoms with Crippen molar-refractivity contribution in [1.29, 1.82) is 0 Å². The van der Waals surface area contributed by atoms with Crippen LogP contribution in [0.5, 0.6) is 0 Å². The molecule has 130 valence electrons. The van der Waals surface area contributed by atoms with Gasteiger partial charge in [0, 0.05) is 38.2 Å². The number of benzene rings is 1. The van der Waals surface area contributed by atoms with Gasteiger partial charge in [0.2, 0.25) is 0 Å². The molecule has 1 atom stereocenters. The summed E-state index contributed by atoms with van der Waals surface area (Å²) in [5.74, 6) is 0. The lowest BCUT2D eigenvalue weighted by Crippen LogP contribution is -2.43. The van der Waals surface area contributed by atoms with Gasteiger partial charge in [-0.15, -0.1) is 0 Å². The molecule has 0 amide bonds. The van der Waals surface area contributed by atoms with Gasteiger partial charge in [-0.25, -0.2) is 4.68 Å². The van der Waals surface area contributed by atoms with E-state index in [0.717, 1.165) is 38.5 Å². The second-order valence-electron chi connectivity index (χ2n) is 6.58. The third kappa shape index (κ3) is 3.97. The number of nitrogens with zero attached hydrogens (tertiary/aromatic N) is 5. The van der Waals surface area contributed by atoms with Crippen molar-refractivity contribution < 1.29 is 4.74 Å². The molecule has 0 N–H and O–H groups in total. The highest BCUT2D eigenvalue weighted by Crippen LogP contribution is 2.14. The van der Waals surface area contributed by atoms with E-state index in [2.05, 4.69) is 52.5 Å². The van der Waals surface area contributed by atoms with E-state index in [4.69, 9.17) is 4.74 Å². The van der Waals surface area contributed by atoms with E-state index >= 15 is 0 Å². The number of hydrogen-bond donors (Lipinski definition) is 0. The minimum Gasteiger partial charge on any atom is -0.374 e. The van der Waals surface area contributed by atoms with Crippen LogP contribution in [0.25, 0.3) is 5.69 Å². The van der Waals surface area contributed by atoms with Crippen molar-refractivity contribution in [3.63, 3.8) is 0 Å². The first kappa shape index (κ1) is 16.1. The van der Waals surface area contributed by atoms with Crippen LogP contribution in [0.15, 0.2) is 55.1 Å². The highest BCUT2D eigenvalue weighted by molar-refractivity contribution is 5.33. The lowest BCUT2D eigenvalue weighted by Gasteiger charge is -2.33. The fourth-order valence-electron chi connectivity index (χ4n) is 3.24. The lowest BCUT2D eigenvalue weighted by atomic mass is 10.1. The smallest absolute Gasteiger partial charge is 0.0898 e. The number of aromatic nitrogens is 4. The maximum atomic E-state index is 5.91. The van der Waals surface area contributed by atoms with E-state index < -0.39 is 0 Å². The van der Waals surface area contributed by atoms with Crippen LogP contribution in [-0.4, -0.2) is 50.3 Å². The predicted molar refractivity (Wildman–Crippen MR) is 95.5 cm³/mol. The maximum absolute atomic E-state index is 5.91. The molecule has 0 unspecified atom stereocenters. The van der Waals surface area contributed by atoms with E-state index in [9.17, 15) is 0 Å². The van der Waals surface area contributed by atoms with E-state index in [1.54, 1.807) is 6.20 Å². The normalized spacial score (nSPS) is 18.5. The van der Waals surface area contributed by atoms with Crippen molar-refractivity contribution in [2.24, 2.45) is 0 Å². The minimum atomic E-state index is 0.191. The highest BCUT2D eigenvalue weighted by atomic mass is 16.5. The molecule has 0 aliphatic carbocycles. The molecule has 0 bridgehead atoms. The van der Waals surface area contributed by atoms with Crippen LogP contribution in [0.4, 0.5) is 0 Å². The molecular formula is C19H23N5O. The first-order valence-electron chi connectivity index (χ1n) is 8.68. The topological polar surface area (TPSA) is 48.1 Å². The van der Waals surface area contributed by atoms with E-state index in [1.165, 1.54) is 11.1 Å². The van der Waals surface area contributed by atoms with Crippen LogP contribution in [0.3, 0.4) is 0 Å². The summed E-state index contributed by atoms with van der Waals surface area (Å²) in [6.45, 7) is 6.48. The molecule has 3 heterocycles. The third-order valence-corrected chi connectivity index (χ3v) is 4.49. The molecule has 2 aromatic heterocycles. The zero-order valence-electron chi connectivity index (χ0n) is 14.5. The molecule has 1 fully saturated rings. The number of rotatable bonds is 5. The van der Waals surface area contributed by atoms with Crippen molar-refractivity contribution in [2.75, 3.05) is 19.7 Å². The summed E-state index contributed by atoms with van der Waals surface area (Å²) in [6.07, 6.45) is 7.90. The van der Waals surface area contributed by atoms with Crippen molar-refractivity contribution in [2.45, 2.75) is 26.1 Å². The molecule has 1 aliphatic rings. The maximum Gasteiger partial charge on any atom is 0.0898 e. The van der Waals surface area contributed by atoms with Crippen LogP contribution < -0.4 is 0 Å². The summed E-state index contributed by atoms with van der Waals surface area (Å²) in [5, 5.41) is 8.63. The molecule has 4 rings (SSSR count). The molecule has 6 heteroatoms. The molecule has 25 heavy (non-hydrogen) atoms. The van der Waals surface area contributed by atoms with Gasteiger partial charge in [0.1, 0.15) is 0 Å². The van der Waals surface area contributed by atoms with Crippen molar-refractivity contribution in [1.82, 2.24) is 24.5 Å². The van der Waals surface area contributed by atoms with E-state index in [-0.39, 0.29) is 6.10 Å². The molecule has 0 spiro atoms. The largest absolute Gasteiger partial charge is 0.374 e. The van der Waals surface area contributed by atoms with E-state index in [1.807, 2.05) is 27.8 Å². The van der Waals surface area contributed by atoms with Gasteiger partial charge in [0.25, 0.3) is 0 Å². The average Bonchev–Trinajstić information content (AvgIpc) is 3.28. The molecular weight excluding hydrogens is 314 g/mol. The molecule has 1 aliphatic heterocycles. The second kappa shape index (κ2) is 7.21. The summed E-state index contributed by atoms with van der Waals surface area (Å²) >= 11 is 0. The van der Waals surface area contributed by atoms with Gasteiger partial charge in [-0.1, -0.05) is 12.1 Å². The van der Waals surface area contributed by atoms with Gasteiger partial charge < -0.3 is 4.74 Å². The Bertz CT molecular complexity index is 794. The lowest BCUT2D eigenvalue weighted by molar-refractivity contribution is -0.0402. The van der Waals surface area contributed by atoms with Crippen LogP contribution in [0, 0.1) is 6.92 Å². The molecule has 0 saturated carbocycles. The zero-order chi connectivity index (χ0) is 17.1. The van der Waals surface area contributed by atoms with Gasteiger partial charge in [-0.05, 0) is 36.2 Å². The van der Waals surface area contributed by atoms with Crippen LogP contribution in [0.2, 0.25) is 0 Å². The molecule has 1 saturated heterocycles. The Hall–Kier alpha value is -2.44. The Labute approximate surface area is 147 Å². The minimum absolute atomic E-state index is 0.191. The second-order valence-corrected chi connectivity index (χ2v) is 6.58. The number of ether oxygens (including phenoxy) is 1. The third-order valence-electron chi connectivity index (χ3n) is 4.49. The fraction of sp³-hybridized carbons (Fsp3) is 0.368. The summed E-state index contributed by atoms with van der Waals surface area (Å²) < 4.78 is 9.76. The number of hydrogen-bond acceptors (Lipinski definition) is 4. The Kier molecular flexibility index (Phi) is 4.63. The van der Waals surface area contributed by atoms with E-state index in [0.29, 0.717) is 0 Å². The number of aryl methyl sites for hydroxylation is 1. The summed E-state index contributed by atoms with van der Waals surface area (Å²) in [4.78, 5) is 2.45. The monoisotopic (exact) mass is 337 g/mol.